The summed E-state index contributed by atoms with van der Waals surface area (Å²) in [6.07, 6.45) is 0.728. The van der Waals surface area contributed by atoms with Crippen LogP contribution in [-0.2, 0) is 10.2 Å². The highest BCUT2D eigenvalue weighted by molar-refractivity contribution is 6.30. The lowest BCUT2D eigenvalue weighted by atomic mass is 9.61. The monoisotopic (exact) mass is 459 g/mol. The Morgan fingerprint density at radius 2 is 1.91 bits per heavy atom. The maximum atomic E-state index is 15.6. The standard InChI is InChI=1S/C26H35ClFN3O/c1-6-31-21(14-25(3,4)5)26(15-29,19-11-10-18(27)13-20(19)28)22(23(31)24(30)32)17-9-7-8-16(2)12-17/h7-13,21-23H,6,14-15,29H2,1-5H3,(H2,30,32)/t21-,22-,23+,26-/m0/s1. The van der Waals surface area contributed by atoms with Crippen LogP contribution < -0.4 is 11.5 Å². The first-order chi connectivity index (χ1) is 15.0. The minimum Gasteiger partial charge on any atom is -0.368 e. The minimum atomic E-state index is -0.856. The van der Waals surface area contributed by atoms with Crippen LogP contribution in [0.15, 0.2) is 42.5 Å². The third kappa shape index (κ3) is 4.30. The average Bonchev–Trinajstić information content (AvgIpc) is 2.96. The van der Waals surface area contributed by atoms with Gasteiger partial charge in [-0.25, -0.2) is 4.39 Å². The van der Waals surface area contributed by atoms with Gasteiger partial charge in [0.1, 0.15) is 5.82 Å². The number of nitrogens with two attached hydrogens (primary N) is 2. The first kappa shape index (κ1) is 24.7. The van der Waals surface area contributed by atoms with Crippen molar-refractivity contribution in [2.45, 2.75) is 64.5 Å². The van der Waals surface area contributed by atoms with Crippen molar-refractivity contribution < 1.29 is 9.18 Å². The van der Waals surface area contributed by atoms with E-state index in [-0.39, 0.29) is 18.0 Å². The molecule has 174 valence electrons. The van der Waals surface area contributed by atoms with Crippen LogP contribution in [0.1, 0.15) is 56.7 Å². The van der Waals surface area contributed by atoms with Gasteiger partial charge in [-0.1, -0.05) is 75.2 Å². The second-order valence-corrected chi connectivity index (χ2v) is 10.7. The van der Waals surface area contributed by atoms with Gasteiger partial charge in [-0.2, -0.15) is 0 Å². The fourth-order valence-electron chi connectivity index (χ4n) is 5.72. The fourth-order valence-corrected chi connectivity index (χ4v) is 5.88. The van der Waals surface area contributed by atoms with E-state index in [4.69, 9.17) is 23.1 Å². The van der Waals surface area contributed by atoms with Gasteiger partial charge >= 0.3 is 0 Å². The van der Waals surface area contributed by atoms with Crippen molar-refractivity contribution in [3.05, 3.63) is 70.0 Å². The first-order valence-corrected chi connectivity index (χ1v) is 11.6. The van der Waals surface area contributed by atoms with Crippen molar-refractivity contribution in [2.24, 2.45) is 16.9 Å². The van der Waals surface area contributed by atoms with Gasteiger partial charge in [0.25, 0.3) is 0 Å². The molecule has 4 atom stereocenters. The fraction of sp³-hybridized carbons (Fsp3) is 0.500. The van der Waals surface area contributed by atoms with Gasteiger partial charge in [-0.05, 0) is 48.6 Å². The van der Waals surface area contributed by atoms with E-state index in [1.165, 1.54) is 6.07 Å². The summed E-state index contributed by atoms with van der Waals surface area (Å²) in [6.45, 7) is 11.3. The van der Waals surface area contributed by atoms with E-state index in [2.05, 4.69) is 31.7 Å². The van der Waals surface area contributed by atoms with Crippen molar-refractivity contribution in [3.8, 4) is 0 Å². The Hall–Kier alpha value is -1.95. The quantitative estimate of drug-likeness (QED) is 0.654. The van der Waals surface area contributed by atoms with Crippen molar-refractivity contribution in [1.29, 1.82) is 0 Å². The number of primary amides is 1. The molecule has 4 nitrogen and oxygen atoms in total. The van der Waals surface area contributed by atoms with Crippen molar-refractivity contribution >= 4 is 17.5 Å². The molecule has 0 radical (unpaired) electrons. The normalized spacial score (nSPS) is 26.4. The largest absolute Gasteiger partial charge is 0.368 e. The number of halogens is 2. The van der Waals surface area contributed by atoms with Crippen LogP contribution in [0.25, 0.3) is 0 Å². The number of nitrogens with zero attached hydrogens (tertiary/aromatic N) is 1. The lowest BCUT2D eigenvalue weighted by molar-refractivity contribution is -0.123. The summed E-state index contributed by atoms with van der Waals surface area (Å²) in [5.74, 6) is -1.21. The summed E-state index contributed by atoms with van der Waals surface area (Å²) in [5, 5.41) is 0.328. The number of benzene rings is 2. The molecule has 1 fully saturated rings. The molecular formula is C26H35ClFN3O. The number of amides is 1. The van der Waals surface area contributed by atoms with Gasteiger partial charge in [0, 0.05) is 28.9 Å². The second-order valence-electron chi connectivity index (χ2n) is 10.2. The molecule has 2 aromatic carbocycles. The second kappa shape index (κ2) is 9.12. The zero-order valence-corrected chi connectivity index (χ0v) is 20.4. The third-order valence-corrected chi connectivity index (χ3v) is 7.09. The molecule has 0 unspecified atom stereocenters. The molecule has 4 N–H and O–H groups in total. The molecule has 0 bridgehead atoms. The Bertz CT molecular complexity index is 989. The molecule has 1 aliphatic rings. The topological polar surface area (TPSA) is 72.3 Å². The molecule has 3 rings (SSSR count). The van der Waals surface area contributed by atoms with Crippen LogP contribution in [0, 0.1) is 18.2 Å². The zero-order valence-electron chi connectivity index (χ0n) is 19.7. The summed E-state index contributed by atoms with van der Waals surface area (Å²) >= 11 is 6.11. The van der Waals surface area contributed by atoms with Crippen LogP contribution in [0.5, 0.6) is 0 Å². The zero-order chi connectivity index (χ0) is 23.8. The Balaban J connectivity index is 2.40. The molecule has 0 aromatic heterocycles. The predicted molar refractivity (Wildman–Crippen MR) is 129 cm³/mol. The van der Waals surface area contributed by atoms with Crippen LogP contribution in [0.3, 0.4) is 0 Å². The van der Waals surface area contributed by atoms with E-state index in [0.29, 0.717) is 17.1 Å². The molecule has 0 spiro atoms. The molecule has 0 aliphatic carbocycles. The van der Waals surface area contributed by atoms with Gasteiger partial charge < -0.3 is 11.5 Å². The van der Waals surface area contributed by atoms with Gasteiger partial charge in [0.05, 0.1) is 6.04 Å². The van der Waals surface area contributed by atoms with Crippen molar-refractivity contribution in [2.75, 3.05) is 13.1 Å². The number of hydrogen-bond acceptors (Lipinski definition) is 3. The summed E-state index contributed by atoms with van der Waals surface area (Å²) < 4.78 is 15.6. The summed E-state index contributed by atoms with van der Waals surface area (Å²) in [5.41, 5.74) is 14.2. The Morgan fingerprint density at radius 1 is 1.22 bits per heavy atom. The predicted octanol–water partition coefficient (Wildman–Crippen LogP) is 4.76. The Kier molecular flexibility index (Phi) is 7.04. The maximum Gasteiger partial charge on any atom is 0.235 e. The molecular weight excluding hydrogens is 425 g/mol. The van der Waals surface area contributed by atoms with E-state index >= 15 is 4.39 Å². The third-order valence-electron chi connectivity index (χ3n) is 6.86. The number of aryl methyl sites for hydroxylation is 1. The van der Waals surface area contributed by atoms with E-state index in [1.807, 2.05) is 32.0 Å². The molecule has 0 saturated carbocycles. The van der Waals surface area contributed by atoms with Gasteiger partial charge in [-0.15, -0.1) is 0 Å². The first-order valence-electron chi connectivity index (χ1n) is 11.2. The lowest BCUT2D eigenvalue weighted by Gasteiger charge is -2.43. The summed E-state index contributed by atoms with van der Waals surface area (Å²) in [7, 11) is 0. The Morgan fingerprint density at radius 3 is 2.41 bits per heavy atom. The highest BCUT2D eigenvalue weighted by atomic mass is 35.5. The molecule has 1 aliphatic heterocycles. The highest BCUT2D eigenvalue weighted by Crippen LogP contribution is 2.55. The number of carbonyl (C=O) groups is 1. The maximum absolute atomic E-state index is 15.6. The smallest absolute Gasteiger partial charge is 0.235 e. The highest BCUT2D eigenvalue weighted by Gasteiger charge is 2.62. The van der Waals surface area contributed by atoms with Crippen LogP contribution >= 0.6 is 11.6 Å². The van der Waals surface area contributed by atoms with E-state index in [0.717, 1.165) is 17.5 Å². The molecule has 1 saturated heterocycles. The van der Waals surface area contributed by atoms with Gasteiger partial charge in [-0.3, -0.25) is 9.69 Å². The van der Waals surface area contributed by atoms with E-state index < -0.39 is 29.1 Å². The molecule has 2 aromatic rings. The minimum absolute atomic E-state index is 0.0783. The number of likely N-dealkylation sites (N-methyl/N-ethyl adjacent to an activating group) is 1. The average molecular weight is 460 g/mol. The SMILES string of the molecule is CCN1[C@@H](CC(C)(C)C)[C@](CN)(c2ccc(Cl)cc2F)[C@@H](c2cccc(C)c2)[C@@H]1C(N)=O. The number of carbonyl (C=O) groups excluding carboxylic acids is 1. The lowest BCUT2D eigenvalue weighted by Crippen LogP contribution is -2.51. The summed E-state index contributed by atoms with van der Waals surface area (Å²) in [6, 6.07) is 12.0. The molecule has 1 amide bonds. The van der Waals surface area contributed by atoms with Gasteiger partial charge in [0.15, 0.2) is 0 Å². The van der Waals surface area contributed by atoms with Gasteiger partial charge in [0.2, 0.25) is 5.91 Å². The van der Waals surface area contributed by atoms with Crippen LogP contribution in [-0.4, -0.2) is 36.0 Å². The van der Waals surface area contributed by atoms with Crippen LogP contribution in [0.2, 0.25) is 5.02 Å². The number of hydrogen-bond donors (Lipinski definition) is 2. The van der Waals surface area contributed by atoms with Crippen LogP contribution in [0.4, 0.5) is 4.39 Å². The van der Waals surface area contributed by atoms with Crippen molar-refractivity contribution in [1.82, 2.24) is 4.90 Å². The van der Waals surface area contributed by atoms with E-state index in [1.54, 1.807) is 12.1 Å². The Labute approximate surface area is 196 Å². The number of likely N-dealkylation sites (tertiary alicyclic amines) is 1. The summed E-state index contributed by atoms with van der Waals surface area (Å²) in [4.78, 5) is 15.1. The number of rotatable bonds is 6. The molecule has 32 heavy (non-hydrogen) atoms. The van der Waals surface area contributed by atoms with Crippen molar-refractivity contribution in [3.63, 3.8) is 0 Å². The molecule has 6 heteroatoms. The van der Waals surface area contributed by atoms with E-state index in [9.17, 15) is 4.79 Å². The molecule has 1 heterocycles.